The Morgan fingerprint density at radius 2 is 1.48 bits per heavy atom. The van der Waals surface area contributed by atoms with E-state index >= 15 is 0 Å². The fourth-order valence-electron chi connectivity index (χ4n) is 2.37. The highest BCUT2D eigenvalue weighted by Crippen LogP contribution is 2.25. The van der Waals surface area contributed by atoms with Crippen molar-refractivity contribution in [1.82, 2.24) is 5.32 Å². The number of halogens is 1. The molecule has 0 aromatic heterocycles. The summed E-state index contributed by atoms with van der Waals surface area (Å²) < 4.78 is 0. The predicted molar refractivity (Wildman–Crippen MR) is 111 cm³/mol. The Morgan fingerprint density at radius 3 is 2.17 bits per heavy atom. The summed E-state index contributed by atoms with van der Waals surface area (Å²) >= 11 is 5.88. The van der Waals surface area contributed by atoms with Crippen molar-refractivity contribution < 1.29 is 0 Å². The normalized spacial score (nSPS) is 11.0. The molecule has 0 radical (unpaired) electrons. The van der Waals surface area contributed by atoms with Crippen molar-refractivity contribution in [1.29, 1.82) is 0 Å². The van der Waals surface area contributed by atoms with Crippen LogP contribution in [0.5, 0.6) is 0 Å². The van der Waals surface area contributed by atoms with Gasteiger partial charge in [-0.15, -0.1) is 0 Å². The molecule has 1 N–H and O–H groups in total. The molecule has 0 aliphatic heterocycles. The Kier molecular flexibility index (Phi) is 14.5. The molecule has 0 aliphatic carbocycles. The van der Waals surface area contributed by atoms with Gasteiger partial charge in [0.25, 0.3) is 0 Å². The zero-order valence-electron chi connectivity index (χ0n) is 14.5. The SMILES string of the molecule is CCCCCCCCCCNCCSSCc1ccc(Cl)cc1. The first-order valence-electron chi connectivity index (χ1n) is 9.02. The van der Waals surface area contributed by atoms with E-state index in [0.717, 1.165) is 17.3 Å². The molecule has 0 unspecified atom stereocenters. The lowest BCUT2D eigenvalue weighted by atomic mass is 10.1. The van der Waals surface area contributed by atoms with E-state index < -0.39 is 0 Å². The van der Waals surface area contributed by atoms with Crippen LogP contribution in [-0.2, 0) is 5.75 Å². The number of benzene rings is 1. The van der Waals surface area contributed by atoms with Gasteiger partial charge in [-0.1, -0.05) is 97.2 Å². The molecule has 1 rings (SSSR count). The summed E-state index contributed by atoms with van der Waals surface area (Å²) in [5.41, 5.74) is 1.35. The lowest BCUT2D eigenvalue weighted by Gasteiger charge is -2.05. The minimum absolute atomic E-state index is 0.816. The molecule has 0 saturated heterocycles. The van der Waals surface area contributed by atoms with Gasteiger partial charge in [0.15, 0.2) is 0 Å². The van der Waals surface area contributed by atoms with E-state index in [1.807, 2.05) is 33.7 Å². The van der Waals surface area contributed by atoms with Crippen LogP contribution in [-0.4, -0.2) is 18.8 Å². The summed E-state index contributed by atoms with van der Waals surface area (Å²) in [6, 6.07) is 8.15. The maximum Gasteiger partial charge on any atom is 0.0406 e. The zero-order chi connectivity index (χ0) is 16.6. The van der Waals surface area contributed by atoms with Crippen LogP contribution in [0.3, 0.4) is 0 Å². The molecular weight excluding hydrogens is 342 g/mol. The predicted octanol–water partition coefficient (Wildman–Crippen LogP) is 6.95. The molecule has 23 heavy (non-hydrogen) atoms. The fourth-order valence-corrected chi connectivity index (χ4v) is 4.52. The minimum atomic E-state index is 0.816. The molecule has 0 amide bonds. The van der Waals surface area contributed by atoms with Crippen molar-refractivity contribution in [3.8, 4) is 0 Å². The largest absolute Gasteiger partial charge is 0.316 e. The smallest absolute Gasteiger partial charge is 0.0406 e. The second-order valence-corrected chi connectivity index (χ2v) is 8.95. The molecule has 0 saturated carbocycles. The molecule has 0 aliphatic rings. The second-order valence-electron chi connectivity index (χ2n) is 5.94. The molecule has 0 fully saturated rings. The monoisotopic (exact) mass is 373 g/mol. The van der Waals surface area contributed by atoms with Crippen LogP contribution in [0.1, 0.15) is 63.9 Å². The Hall–Kier alpha value is 0.170. The number of rotatable bonds is 15. The molecule has 1 nitrogen and oxygen atoms in total. The Bertz CT molecular complexity index is 370. The first kappa shape index (κ1) is 21.2. The highest BCUT2D eigenvalue weighted by Gasteiger charge is 1.96. The molecule has 0 heterocycles. The molecular formula is C19H32ClNS2. The van der Waals surface area contributed by atoms with Crippen molar-refractivity contribution in [2.45, 2.75) is 64.0 Å². The molecule has 1 aromatic carbocycles. The summed E-state index contributed by atoms with van der Waals surface area (Å²) in [4.78, 5) is 0. The van der Waals surface area contributed by atoms with E-state index in [2.05, 4.69) is 24.4 Å². The van der Waals surface area contributed by atoms with E-state index in [9.17, 15) is 0 Å². The maximum absolute atomic E-state index is 5.88. The molecule has 132 valence electrons. The van der Waals surface area contributed by atoms with Gasteiger partial charge >= 0.3 is 0 Å². The van der Waals surface area contributed by atoms with Gasteiger partial charge in [-0.25, -0.2) is 0 Å². The van der Waals surface area contributed by atoms with Crippen LogP contribution in [0.4, 0.5) is 0 Å². The van der Waals surface area contributed by atoms with Crippen molar-refractivity contribution in [2.24, 2.45) is 0 Å². The number of hydrogen-bond acceptors (Lipinski definition) is 3. The fraction of sp³-hybridized carbons (Fsp3) is 0.684. The Morgan fingerprint density at radius 1 is 0.826 bits per heavy atom. The van der Waals surface area contributed by atoms with Crippen LogP contribution in [0, 0.1) is 0 Å². The van der Waals surface area contributed by atoms with E-state index in [0.29, 0.717) is 0 Å². The zero-order valence-corrected chi connectivity index (χ0v) is 16.9. The maximum atomic E-state index is 5.88. The highest BCUT2D eigenvalue weighted by molar-refractivity contribution is 8.76. The average molecular weight is 374 g/mol. The van der Waals surface area contributed by atoms with E-state index in [1.165, 1.54) is 69.2 Å². The van der Waals surface area contributed by atoms with Gasteiger partial charge in [0.1, 0.15) is 0 Å². The van der Waals surface area contributed by atoms with Gasteiger partial charge < -0.3 is 5.32 Å². The third-order valence-electron chi connectivity index (χ3n) is 3.79. The van der Waals surface area contributed by atoms with E-state index in [1.54, 1.807) is 0 Å². The number of hydrogen-bond donors (Lipinski definition) is 1. The third kappa shape index (κ3) is 13.2. The molecule has 0 bridgehead atoms. The Balaban J connectivity index is 1.77. The van der Waals surface area contributed by atoms with Crippen molar-refractivity contribution in [3.63, 3.8) is 0 Å². The summed E-state index contributed by atoms with van der Waals surface area (Å²) in [5.74, 6) is 2.23. The quantitative estimate of drug-likeness (QED) is 0.264. The van der Waals surface area contributed by atoms with Crippen LogP contribution < -0.4 is 5.32 Å². The minimum Gasteiger partial charge on any atom is -0.316 e. The van der Waals surface area contributed by atoms with Crippen molar-refractivity contribution in [3.05, 3.63) is 34.9 Å². The Labute approximate surface area is 156 Å². The van der Waals surface area contributed by atoms with Crippen LogP contribution in [0.25, 0.3) is 0 Å². The number of unbranched alkanes of at least 4 members (excludes halogenated alkanes) is 7. The van der Waals surface area contributed by atoms with Gasteiger partial charge in [-0.05, 0) is 30.7 Å². The lowest BCUT2D eigenvalue weighted by molar-refractivity contribution is 0.560. The van der Waals surface area contributed by atoms with E-state index in [4.69, 9.17) is 11.6 Å². The summed E-state index contributed by atoms with van der Waals surface area (Å²) in [7, 11) is 3.88. The van der Waals surface area contributed by atoms with Gasteiger partial charge in [-0.2, -0.15) is 0 Å². The first-order valence-corrected chi connectivity index (χ1v) is 11.9. The number of nitrogens with one attached hydrogen (secondary N) is 1. The van der Waals surface area contributed by atoms with Crippen molar-refractivity contribution in [2.75, 3.05) is 18.8 Å². The van der Waals surface area contributed by atoms with Crippen LogP contribution >= 0.6 is 33.2 Å². The summed E-state index contributed by atoms with van der Waals surface area (Å²) in [6.45, 7) is 4.58. The molecule has 0 spiro atoms. The van der Waals surface area contributed by atoms with Gasteiger partial charge in [0.05, 0.1) is 0 Å². The third-order valence-corrected chi connectivity index (χ3v) is 6.39. The topological polar surface area (TPSA) is 12.0 Å². The first-order chi connectivity index (χ1) is 11.3. The molecule has 1 aromatic rings. The second kappa shape index (κ2) is 15.7. The molecule has 4 heteroatoms. The standard InChI is InChI=1S/C19H32ClNS2/c1-2-3-4-5-6-7-8-9-14-21-15-16-22-23-17-18-10-12-19(20)13-11-18/h10-13,21H,2-9,14-17H2,1H3. The van der Waals surface area contributed by atoms with Gasteiger partial charge in [-0.3, -0.25) is 0 Å². The molecule has 0 atom stereocenters. The highest BCUT2D eigenvalue weighted by atomic mass is 35.5. The average Bonchev–Trinajstić information content (AvgIpc) is 2.57. The van der Waals surface area contributed by atoms with Crippen molar-refractivity contribution >= 4 is 33.2 Å². The van der Waals surface area contributed by atoms with Gasteiger partial charge in [0, 0.05) is 23.1 Å². The lowest BCUT2D eigenvalue weighted by Crippen LogP contribution is -2.18. The summed E-state index contributed by atoms with van der Waals surface area (Å²) in [6.07, 6.45) is 11.2. The van der Waals surface area contributed by atoms with Crippen LogP contribution in [0.2, 0.25) is 5.02 Å². The van der Waals surface area contributed by atoms with Gasteiger partial charge in [0.2, 0.25) is 0 Å². The summed E-state index contributed by atoms with van der Waals surface area (Å²) in [5, 5.41) is 4.37. The van der Waals surface area contributed by atoms with Crippen LogP contribution in [0.15, 0.2) is 24.3 Å². The van der Waals surface area contributed by atoms with E-state index in [-0.39, 0.29) is 0 Å².